The minimum atomic E-state index is -0.229. The first-order chi connectivity index (χ1) is 14.1. The second-order valence-electron chi connectivity index (χ2n) is 7.26. The Bertz CT molecular complexity index is 1090. The van der Waals surface area contributed by atoms with Crippen LogP contribution in [-0.2, 0) is 13.1 Å². The summed E-state index contributed by atoms with van der Waals surface area (Å²) >= 11 is 5.98. The molecular weight excluding hydrogens is 388 g/mol. The fraction of sp³-hybridized carbons (Fsp3) is 0.318. The van der Waals surface area contributed by atoms with Crippen LogP contribution in [0, 0.1) is 0 Å². The van der Waals surface area contributed by atoms with E-state index in [0.717, 1.165) is 25.0 Å². The predicted molar refractivity (Wildman–Crippen MR) is 114 cm³/mol. The van der Waals surface area contributed by atoms with Crippen LogP contribution < -0.4 is 10.9 Å². The number of hydrogen-bond donors (Lipinski definition) is 1. The number of likely N-dealkylation sites (tertiary alicyclic amines) is 1. The number of nitrogens with one attached hydrogen (secondary N) is 1. The molecule has 0 saturated carbocycles. The first kappa shape index (κ1) is 19.6. The highest BCUT2D eigenvalue weighted by Gasteiger charge is 2.15. The van der Waals surface area contributed by atoms with Gasteiger partial charge in [-0.05, 0) is 50.2 Å². The molecule has 150 valence electrons. The Morgan fingerprint density at radius 1 is 1.03 bits per heavy atom. The van der Waals surface area contributed by atoms with Gasteiger partial charge < -0.3 is 10.2 Å². The Kier molecular flexibility index (Phi) is 5.92. The maximum atomic E-state index is 12.9. The van der Waals surface area contributed by atoms with E-state index in [-0.39, 0.29) is 18.0 Å². The highest BCUT2D eigenvalue weighted by Crippen LogP contribution is 2.15. The Balaban J connectivity index is 1.57. The van der Waals surface area contributed by atoms with Crippen molar-refractivity contribution >= 4 is 28.3 Å². The summed E-state index contributed by atoms with van der Waals surface area (Å²) in [4.78, 5) is 27.7. The lowest BCUT2D eigenvalue weighted by Crippen LogP contribution is -2.32. The van der Waals surface area contributed by atoms with Crippen LogP contribution in [0.5, 0.6) is 0 Å². The molecule has 1 amide bonds. The molecule has 3 aromatic rings. The van der Waals surface area contributed by atoms with Gasteiger partial charge >= 0.3 is 0 Å². The standard InChI is InChI=1S/C22H23ClN4O2/c23-17-7-5-6-16(14-17)21(28)24-15-20-18-8-1-2-9-19(18)22(29)27(25-20)13-12-26-10-3-4-11-26/h1-2,5-9,14H,3-4,10-13,15H2,(H,24,28). The van der Waals surface area contributed by atoms with Crippen LogP contribution in [0.2, 0.25) is 5.02 Å². The van der Waals surface area contributed by atoms with E-state index in [2.05, 4.69) is 15.3 Å². The molecule has 1 aromatic heterocycles. The molecule has 0 bridgehead atoms. The number of amides is 1. The zero-order chi connectivity index (χ0) is 20.2. The van der Waals surface area contributed by atoms with Crippen LogP contribution in [0.15, 0.2) is 53.3 Å². The summed E-state index contributed by atoms with van der Waals surface area (Å²) in [7, 11) is 0. The van der Waals surface area contributed by atoms with E-state index < -0.39 is 0 Å². The molecule has 2 heterocycles. The lowest BCUT2D eigenvalue weighted by molar-refractivity contribution is 0.0950. The summed E-state index contributed by atoms with van der Waals surface area (Å²) in [5, 5.41) is 9.37. The van der Waals surface area contributed by atoms with Crippen LogP contribution >= 0.6 is 11.6 Å². The first-order valence-electron chi connectivity index (χ1n) is 9.87. The molecule has 0 spiro atoms. The average molecular weight is 411 g/mol. The van der Waals surface area contributed by atoms with Gasteiger partial charge in [0.15, 0.2) is 0 Å². The first-order valence-corrected chi connectivity index (χ1v) is 10.2. The highest BCUT2D eigenvalue weighted by atomic mass is 35.5. The zero-order valence-electron chi connectivity index (χ0n) is 16.1. The number of benzene rings is 2. The maximum Gasteiger partial charge on any atom is 0.274 e. The summed E-state index contributed by atoms with van der Waals surface area (Å²) in [6, 6.07) is 14.2. The Morgan fingerprint density at radius 3 is 2.55 bits per heavy atom. The number of carbonyl (C=O) groups excluding carboxylic acids is 1. The number of aromatic nitrogens is 2. The third-order valence-electron chi connectivity index (χ3n) is 5.27. The van der Waals surface area contributed by atoms with Gasteiger partial charge in [-0.25, -0.2) is 4.68 Å². The molecule has 0 atom stereocenters. The molecule has 2 aromatic carbocycles. The van der Waals surface area contributed by atoms with Crippen molar-refractivity contribution in [3.8, 4) is 0 Å². The van der Waals surface area contributed by atoms with Crippen molar-refractivity contribution < 1.29 is 4.79 Å². The summed E-state index contributed by atoms with van der Waals surface area (Å²) < 4.78 is 1.53. The van der Waals surface area contributed by atoms with Gasteiger partial charge in [-0.3, -0.25) is 9.59 Å². The fourth-order valence-corrected chi connectivity index (χ4v) is 3.92. The summed E-state index contributed by atoms with van der Waals surface area (Å²) in [6.45, 7) is 3.73. The van der Waals surface area contributed by atoms with E-state index in [1.54, 1.807) is 24.3 Å². The van der Waals surface area contributed by atoms with E-state index in [4.69, 9.17) is 11.6 Å². The number of carbonyl (C=O) groups is 1. The Labute approximate surface area is 174 Å². The van der Waals surface area contributed by atoms with Crippen LogP contribution in [0.1, 0.15) is 28.9 Å². The van der Waals surface area contributed by atoms with Gasteiger partial charge in [-0.15, -0.1) is 0 Å². The van der Waals surface area contributed by atoms with Crippen molar-refractivity contribution in [1.82, 2.24) is 20.0 Å². The summed E-state index contributed by atoms with van der Waals surface area (Å²) in [6.07, 6.45) is 2.42. The molecule has 0 radical (unpaired) electrons. The molecule has 7 heteroatoms. The molecule has 1 aliphatic heterocycles. The largest absolute Gasteiger partial charge is 0.346 e. The molecule has 0 aliphatic carbocycles. The quantitative estimate of drug-likeness (QED) is 0.678. The number of halogens is 1. The van der Waals surface area contributed by atoms with E-state index >= 15 is 0 Å². The third-order valence-corrected chi connectivity index (χ3v) is 5.51. The molecule has 1 fully saturated rings. The van der Waals surface area contributed by atoms with E-state index in [1.165, 1.54) is 17.5 Å². The van der Waals surface area contributed by atoms with Gasteiger partial charge in [0.25, 0.3) is 11.5 Å². The van der Waals surface area contributed by atoms with E-state index in [1.807, 2.05) is 24.3 Å². The second-order valence-corrected chi connectivity index (χ2v) is 7.70. The van der Waals surface area contributed by atoms with Crippen molar-refractivity contribution in [3.05, 3.63) is 75.2 Å². The number of fused-ring (bicyclic) bond motifs is 1. The van der Waals surface area contributed by atoms with Gasteiger partial charge in [0, 0.05) is 22.5 Å². The van der Waals surface area contributed by atoms with Crippen molar-refractivity contribution in [2.45, 2.75) is 25.9 Å². The zero-order valence-corrected chi connectivity index (χ0v) is 16.9. The van der Waals surface area contributed by atoms with Crippen molar-refractivity contribution in [1.29, 1.82) is 0 Å². The smallest absolute Gasteiger partial charge is 0.274 e. The second kappa shape index (κ2) is 8.76. The van der Waals surface area contributed by atoms with Gasteiger partial charge in [0.05, 0.1) is 24.2 Å². The minimum Gasteiger partial charge on any atom is -0.346 e. The van der Waals surface area contributed by atoms with E-state index in [9.17, 15) is 9.59 Å². The molecule has 1 aliphatic rings. The number of hydrogen-bond acceptors (Lipinski definition) is 4. The van der Waals surface area contributed by atoms with Gasteiger partial charge in [-0.1, -0.05) is 35.9 Å². The van der Waals surface area contributed by atoms with Crippen LogP contribution in [0.25, 0.3) is 10.8 Å². The Morgan fingerprint density at radius 2 is 1.79 bits per heavy atom. The van der Waals surface area contributed by atoms with Gasteiger partial charge in [-0.2, -0.15) is 5.10 Å². The minimum absolute atomic E-state index is 0.0929. The number of nitrogens with zero attached hydrogens (tertiary/aromatic N) is 3. The fourth-order valence-electron chi connectivity index (χ4n) is 3.73. The topological polar surface area (TPSA) is 67.2 Å². The molecule has 1 saturated heterocycles. The molecule has 4 rings (SSSR count). The normalized spacial score (nSPS) is 14.4. The predicted octanol–water partition coefficient (Wildman–Crippen LogP) is 3.08. The van der Waals surface area contributed by atoms with Crippen molar-refractivity contribution in [2.24, 2.45) is 0 Å². The monoisotopic (exact) mass is 410 g/mol. The van der Waals surface area contributed by atoms with Crippen LogP contribution in [-0.4, -0.2) is 40.2 Å². The molecular formula is C22H23ClN4O2. The lowest BCUT2D eigenvalue weighted by atomic mass is 10.1. The van der Waals surface area contributed by atoms with Gasteiger partial charge in [0.1, 0.15) is 0 Å². The molecule has 6 nitrogen and oxygen atoms in total. The van der Waals surface area contributed by atoms with Crippen LogP contribution in [0.3, 0.4) is 0 Å². The Hall–Kier alpha value is -2.70. The molecule has 1 N–H and O–H groups in total. The third kappa shape index (κ3) is 4.49. The van der Waals surface area contributed by atoms with Crippen molar-refractivity contribution in [3.63, 3.8) is 0 Å². The van der Waals surface area contributed by atoms with Gasteiger partial charge in [0.2, 0.25) is 0 Å². The summed E-state index contributed by atoms with van der Waals surface area (Å²) in [5.41, 5.74) is 1.07. The maximum absolute atomic E-state index is 12.9. The highest BCUT2D eigenvalue weighted by molar-refractivity contribution is 6.30. The molecule has 29 heavy (non-hydrogen) atoms. The van der Waals surface area contributed by atoms with Crippen LogP contribution in [0.4, 0.5) is 0 Å². The summed E-state index contributed by atoms with van der Waals surface area (Å²) in [5.74, 6) is -0.229. The van der Waals surface area contributed by atoms with Crippen molar-refractivity contribution in [2.75, 3.05) is 19.6 Å². The van der Waals surface area contributed by atoms with E-state index in [0.29, 0.717) is 28.2 Å². The number of rotatable bonds is 6. The average Bonchev–Trinajstić information content (AvgIpc) is 3.26. The molecule has 0 unspecified atom stereocenters. The lowest BCUT2D eigenvalue weighted by Gasteiger charge is -2.16. The SMILES string of the molecule is O=C(NCc1nn(CCN2CCCC2)c(=O)c2ccccc12)c1cccc(Cl)c1.